The van der Waals surface area contributed by atoms with Crippen LogP contribution in [0.4, 0.5) is 5.00 Å². The van der Waals surface area contributed by atoms with E-state index in [1.165, 1.54) is 7.11 Å². The van der Waals surface area contributed by atoms with Crippen molar-refractivity contribution in [3.8, 4) is 0 Å². The third-order valence-corrected chi connectivity index (χ3v) is 6.24. The number of methoxy groups -OCH3 is 1. The van der Waals surface area contributed by atoms with Crippen molar-refractivity contribution < 1.29 is 28.6 Å². The summed E-state index contributed by atoms with van der Waals surface area (Å²) in [5.41, 5.74) is 3.84. The number of carbonyl (C=O) groups is 3. The molecule has 0 aliphatic carbocycles. The average Bonchev–Trinajstić information content (AvgIpc) is 3.26. The number of hydrogen-bond acceptors (Lipinski definition) is 8. The fourth-order valence-corrected chi connectivity index (χ4v) is 4.54. The molecule has 0 saturated carbocycles. The van der Waals surface area contributed by atoms with E-state index in [1.54, 1.807) is 13.8 Å². The molecule has 0 aliphatic rings. The summed E-state index contributed by atoms with van der Waals surface area (Å²) in [6.07, 6.45) is 1.90. The summed E-state index contributed by atoms with van der Waals surface area (Å²) in [5.74, 6) is -1.54. The van der Waals surface area contributed by atoms with Gasteiger partial charge in [0.15, 0.2) is 0 Å². The second-order valence-electron chi connectivity index (χ2n) is 7.36. The van der Waals surface area contributed by atoms with Crippen molar-refractivity contribution in [2.75, 3.05) is 32.2 Å². The minimum Gasteiger partial charge on any atom is -0.462 e. The number of rotatable bonds is 9. The summed E-state index contributed by atoms with van der Waals surface area (Å²) < 4.78 is 17.1. The zero-order valence-electron chi connectivity index (χ0n) is 19.3. The highest BCUT2D eigenvalue weighted by Gasteiger charge is 2.28. The number of thiophene rings is 1. The second-order valence-corrected chi connectivity index (χ2v) is 8.38. The highest BCUT2D eigenvalue weighted by Crippen LogP contribution is 2.34. The van der Waals surface area contributed by atoms with Gasteiger partial charge in [0.05, 0.1) is 36.6 Å². The van der Waals surface area contributed by atoms with Crippen molar-refractivity contribution in [2.24, 2.45) is 0 Å². The zero-order chi connectivity index (χ0) is 24.1. The minimum absolute atomic E-state index is 0.0449. The van der Waals surface area contributed by atoms with E-state index < -0.39 is 11.9 Å². The van der Waals surface area contributed by atoms with Crippen molar-refractivity contribution in [3.05, 3.63) is 51.3 Å². The Labute approximate surface area is 195 Å². The van der Waals surface area contributed by atoms with Crippen molar-refractivity contribution in [1.82, 2.24) is 9.38 Å². The highest BCUT2D eigenvalue weighted by atomic mass is 32.1. The van der Waals surface area contributed by atoms with Gasteiger partial charge >= 0.3 is 11.9 Å². The second kappa shape index (κ2) is 10.6. The topological polar surface area (TPSA) is 108 Å². The monoisotopic (exact) mass is 473 g/mol. The number of aromatic nitrogens is 2. The number of carbonyl (C=O) groups excluding carboxylic acids is 3. The number of esters is 2. The van der Waals surface area contributed by atoms with Gasteiger partial charge in [-0.1, -0.05) is 6.07 Å². The van der Waals surface area contributed by atoms with Gasteiger partial charge in [-0.25, -0.2) is 14.6 Å². The molecule has 0 aliphatic heterocycles. The van der Waals surface area contributed by atoms with Crippen LogP contribution in [0.5, 0.6) is 0 Å². The van der Waals surface area contributed by atoms with E-state index in [0.29, 0.717) is 5.56 Å². The molecule has 9 nitrogen and oxygen atoms in total. The summed E-state index contributed by atoms with van der Waals surface area (Å²) in [4.78, 5) is 42.9. The Morgan fingerprint density at radius 2 is 1.88 bits per heavy atom. The van der Waals surface area contributed by atoms with Crippen LogP contribution in [0.2, 0.25) is 0 Å². The van der Waals surface area contributed by atoms with Gasteiger partial charge in [0.2, 0.25) is 5.91 Å². The molecule has 0 saturated heterocycles. The number of amides is 1. The van der Waals surface area contributed by atoms with Crippen molar-refractivity contribution in [3.63, 3.8) is 0 Å². The number of anilines is 1. The van der Waals surface area contributed by atoms with Crippen LogP contribution in [0.15, 0.2) is 18.3 Å². The summed E-state index contributed by atoms with van der Waals surface area (Å²) in [6, 6.07) is 3.85. The van der Waals surface area contributed by atoms with Gasteiger partial charge in [0, 0.05) is 13.3 Å². The molecule has 10 heteroatoms. The lowest BCUT2D eigenvalue weighted by Gasteiger charge is -2.08. The quantitative estimate of drug-likeness (QED) is 0.374. The van der Waals surface area contributed by atoms with Crippen LogP contribution in [0, 0.1) is 20.8 Å². The first-order valence-electron chi connectivity index (χ1n) is 10.5. The first kappa shape index (κ1) is 24.4. The largest absolute Gasteiger partial charge is 0.462 e. The number of ether oxygens (including phenoxy) is 3. The van der Waals surface area contributed by atoms with Gasteiger partial charge in [-0.2, -0.15) is 0 Å². The molecular weight excluding hydrogens is 446 g/mol. The number of fused-ring (bicyclic) bond motifs is 1. The van der Waals surface area contributed by atoms with Crippen LogP contribution in [0.3, 0.4) is 0 Å². The molecular formula is C23H27N3O6S. The lowest BCUT2D eigenvalue weighted by atomic mass is 10.1. The number of aryl methyl sites for hydroxylation is 2. The molecule has 0 radical (unpaired) electrons. The Morgan fingerprint density at radius 3 is 2.58 bits per heavy atom. The maximum atomic E-state index is 13.0. The SMILES string of the molecule is CCOC(=O)c1c(NC(=O)Cc2c(C)nc3c(C)cccn23)sc(C(=O)OCCOC)c1C. The third kappa shape index (κ3) is 5.23. The molecule has 3 aromatic rings. The van der Waals surface area contributed by atoms with Gasteiger partial charge in [-0.05, 0) is 44.9 Å². The lowest BCUT2D eigenvalue weighted by molar-refractivity contribution is -0.115. The predicted octanol–water partition coefficient (Wildman–Crippen LogP) is 3.48. The van der Waals surface area contributed by atoms with Gasteiger partial charge in [-0.15, -0.1) is 11.3 Å². The van der Waals surface area contributed by atoms with E-state index in [0.717, 1.165) is 33.9 Å². The van der Waals surface area contributed by atoms with Crippen LogP contribution in [-0.4, -0.2) is 54.2 Å². The Kier molecular flexibility index (Phi) is 7.83. The molecule has 3 aromatic heterocycles. The van der Waals surface area contributed by atoms with Crippen LogP contribution in [0.25, 0.3) is 5.65 Å². The maximum absolute atomic E-state index is 13.0. The van der Waals surface area contributed by atoms with Gasteiger partial charge < -0.3 is 23.9 Å². The normalized spacial score (nSPS) is 10.9. The van der Waals surface area contributed by atoms with Crippen LogP contribution in [-0.2, 0) is 25.4 Å². The Morgan fingerprint density at radius 1 is 1.12 bits per heavy atom. The van der Waals surface area contributed by atoms with Crippen LogP contribution >= 0.6 is 11.3 Å². The molecule has 33 heavy (non-hydrogen) atoms. The number of nitrogens with one attached hydrogen (secondary N) is 1. The first-order valence-corrected chi connectivity index (χ1v) is 11.3. The van der Waals surface area contributed by atoms with Gasteiger partial charge in [0.1, 0.15) is 22.1 Å². The van der Waals surface area contributed by atoms with E-state index in [4.69, 9.17) is 14.2 Å². The van der Waals surface area contributed by atoms with Crippen molar-refractivity contribution >= 4 is 39.8 Å². The van der Waals surface area contributed by atoms with Gasteiger partial charge in [-0.3, -0.25) is 4.79 Å². The third-order valence-electron chi connectivity index (χ3n) is 5.06. The highest BCUT2D eigenvalue weighted by molar-refractivity contribution is 7.18. The molecule has 1 N–H and O–H groups in total. The molecule has 0 atom stereocenters. The van der Waals surface area contributed by atoms with E-state index in [-0.39, 0.29) is 47.6 Å². The standard InChI is InChI=1S/C23H27N3O6S/c1-6-31-22(28)18-14(3)19(23(29)32-11-10-30-5)33-21(18)25-17(27)12-16-15(4)24-20-13(2)8-7-9-26(16)20/h7-9H,6,10-12H2,1-5H3,(H,25,27). The van der Waals surface area contributed by atoms with Crippen molar-refractivity contribution in [1.29, 1.82) is 0 Å². The smallest absolute Gasteiger partial charge is 0.348 e. The molecule has 0 fully saturated rings. The molecule has 3 rings (SSSR count). The summed E-state index contributed by atoms with van der Waals surface area (Å²) in [5, 5.41) is 3.03. The number of hydrogen-bond donors (Lipinski definition) is 1. The molecule has 0 bridgehead atoms. The predicted molar refractivity (Wildman–Crippen MR) is 124 cm³/mol. The summed E-state index contributed by atoms with van der Waals surface area (Å²) in [6.45, 7) is 7.62. The Balaban J connectivity index is 1.89. The molecule has 0 unspecified atom stereocenters. The first-order chi connectivity index (χ1) is 15.8. The molecule has 176 valence electrons. The number of pyridine rings is 1. The molecule has 0 spiro atoms. The van der Waals surface area contributed by atoms with Crippen LogP contribution < -0.4 is 5.32 Å². The van der Waals surface area contributed by atoms with E-state index in [9.17, 15) is 14.4 Å². The van der Waals surface area contributed by atoms with E-state index in [1.807, 2.05) is 36.6 Å². The maximum Gasteiger partial charge on any atom is 0.348 e. The van der Waals surface area contributed by atoms with Crippen LogP contribution in [0.1, 0.15) is 49.5 Å². The Bertz CT molecular complexity index is 1200. The molecule has 1 amide bonds. The van der Waals surface area contributed by atoms with E-state index in [2.05, 4.69) is 10.3 Å². The summed E-state index contributed by atoms with van der Waals surface area (Å²) in [7, 11) is 1.50. The zero-order valence-corrected chi connectivity index (χ0v) is 20.1. The fourth-order valence-electron chi connectivity index (χ4n) is 3.43. The summed E-state index contributed by atoms with van der Waals surface area (Å²) >= 11 is 0.987. The molecule has 3 heterocycles. The minimum atomic E-state index is -0.612. The Hall–Kier alpha value is -3.24. The number of nitrogens with zero attached hydrogens (tertiary/aromatic N) is 2. The molecule has 0 aromatic carbocycles. The lowest BCUT2D eigenvalue weighted by Crippen LogP contribution is -2.18. The fraction of sp³-hybridized carbons (Fsp3) is 0.391. The van der Waals surface area contributed by atoms with E-state index >= 15 is 0 Å². The van der Waals surface area contributed by atoms with Gasteiger partial charge in [0.25, 0.3) is 0 Å². The average molecular weight is 474 g/mol. The number of imidazole rings is 1. The van der Waals surface area contributed by atoms with Crippen molar-refractivity contribution in [2.45, 2.75) is 34.1 Å².